The van der Waals surface area contributed by atoms with Crippen molar-refractivity contribution in [2.24, 2.45) is 0 Å². The molecule has 2 aromatic heterocycles. The Hall–Kier alpha value is -1.32. The Labute approximate surface area is 122 Å². The first-order valence-corrected chi connectivity index (χ1v) is 6.96. The Balaban J connectivity index is 2.26. The molecule has 2 heterocycles. The third-order valence-corrected chi connectivity index (χ3v) is 2.99. The number of pyridine rings is 2. The minimum atomic E-state index is 0.434. The number of halogens is 2. The van der Waals surface area contributed by atoms with E-state index >= 15 is 0 Å². The number of nitrogens with zero attached hydrogens (tertiary/aromatic N) is 2. The highest BCUT2D eigenvalue weighted by atomic mass is 35.5. The maximum atomic E-state index is 5.88. The quantitative estimate of drug-likeness (QED) is 0.756. The normalized spacial score (nSPS) is 10.5. The summed E-state index contributed by atoms with van der Waals surface area (Å²) in [7, 11) is 0. The molecule has 0 spiro atoms. The lowest BCUT2D eigenvalue weighted by Crippen LogP contribution is -1.96. The van der Waals surface area contributed by atoms with E-state index in [0.29, 0.717) is 22.5 Å². The van der Waals surface area contributed by atoms with Gasteiger partial charge >= 0.3 is 0 Å². The lowest BCUT2D eigenvalue weighted by molar-refractivity contribution is 0.458. The molecular weight excluding hydrogens is 283 g/mol. The molecule has 0 saturated carbocycles. The summed E-state index contributed by atoms with van der Waals surface area (Å²) in [5.74, 6) is 1.52. The maximum Gasteiger partial charge on any atom is 0.219 e. The van der Waals surface area contributed by atoms with Crippen molar-refractivity contribution in [3.8, 4) is 11.6 Å². The predicted octanol–water partition coefficient (Wildman–Crippen LogP) is 4.61. The van der Waals surface area contributed by atoms with E-state index in [1.54, 1.807) is 18.5 Å². The minimum Gasteiger partial charge on any atom is -0.437 e. The van der Waals surface area contributed by atoms with Gasteiger partial charge in [0.2, 0.25) is 5.88 Å². The van der Waals surface area contributed by atoms with Crippen LogP contribution in [0.25, 0.3) is 0 Å². The van der Waals surface area contributed by atoms with Crippen LogP contribution in [0.15, 0.2) is 30.6 Å². The van der Waals surface area contributed by atoms with Gasteiger partial charge in [-0.25, -0.2) is 4.98 Å². The molecule has 2 rings (SSSR count). The van der Waals surface area contributed by atoms with E-state index in [4.69, 9.17) is 27.9 Å². The first-order valence-electron chi connectivity index (χ1n) is 6.05. The summed E-state index contributed by atoms with van der Waals surface area (Å²) in [6.07, 6.45) is 5.08. The van der Waals surface area contributed by atoms with Gasteiger partial charge in [-0.05, 0) is 18.1 Å². The summed E-state index contributed by atoms with van der Waals surface area (Å²) in [6.45, 7) is 2.11. The first kappa shape index (κ1) is 14.1. The van der Waals surface area contributed by atoms with Gasteiger partial charge in [-0.1, -0.05) is 24.9 Å². The molecule has 0 N–H and O–H groups in total. The lowest BCUT2D eigenvalue weighted by atomic mass is 10.2. The SMILES string of the molecule is CCCc1cc(CCl)cc(Oc2cncc(Cl)c2)n1. The largest absolute Gasteiger partial charge is 0.437 e. The van der Waals surface area contributed by atoms with Crippen LogP contribution in [0.4, 0.5) is 0 Å². The molecule has 0 radical (unpaired) electrons. The van der Waals surface area contributed by atoms with Crippen LogP contribution in [0, 0.1) is 0 Å². The standard InChI is InChI=1S/C14H14Cl2N2O/c1-2-3-12-4-10(7-15)5-14(18-12)19-13-6-11(16)8-17-9-13/h4-6,8-9H,2-3,7H2,1H3. The molecule has 0 atom stereocenters. The molecule has 0 amide bonds. The smallest absolute Gasteiger partial charge is 0.219 e. The topological polar surface area (TPSA) is 35.0 Å². The number of aryl methyl sites for hydroxylation is 1. The van der Waals surface area contributed by atoms with E-state index < -0.39 is 0 Å². The number of hydrogen-bond donors (Lipinski definition) is 0. The molecule has 100 valence electrons. The number of hydrogen-bond acceptors (Lipinski definition) is 3. The van der Waals surface area contributed by atoms with Gasteiger partial charge < -0.3 is 4.74 Å². The zero-order valence-electron chi connectivity index (χ0n) is 10.6. The number of aromatic nitrogens is 2. The highest BCUT2D eigenvalue weighted by molar-refractivity contribution is 6.30. The molecule has 0 saturated heterocycles. The molecule has 0 fully saturated rings. The summed E-state index contributed by atoms with van der Waals surface area (Å²) in [5, 5.41) is 0.528. The zero-order valence-corrected chi connectivity index (χ0v) is 12.1. The fourth-order valence-corrected chi connectivity index (χ4v) is 2.02. The lowest BCUT2D eigenvalue weighted by Gasteiger charge is -2.08. The molecule has 19 heavy (non-hydrogen) atoms. The fraction of sp³-hybridized carbons (Fsp3) is 0.286. The second kappa shape index (κ2) is 6.73. The van der Waals surface area contributed by atoms with Crippen LogP contribution in [0.2, 0.25) is 5.02 Å². The average molecular weight is 297 g/mol. The van der Waals surface area contributed by atoms with E-state index in [1.165, 1.54) is 0 Å². The molecular formula is C14H14Cl2N2O. The van der Waals surface area contributed by atoms with Gasteiger partial charge in [0.25, 0.3) is 0 Å². The number of rotatable bonds is 5. The van der Waals surface area contributed by atoms with Crippen LogP contribution in [0.3, 0.4) is 0 Å². The fourth-order valence-electron chi connectivity index (χ4n) is 1.70. The Morgan fingerprint density at radius 2 is 2.05 bits per heavy atom. The van der Waals surface area contributed by atoms with Crippen molar-refractivity contribution in [1.82, 2.24) is 9.97 Å². The summed E-state index contributed by atoms with van der Waals surface area (Å²) in [6, 6.07) is 5.52. The second-order valence-corrected chi connectivity index (χ2v) is 4.83. The van der Waals surface area contributed by atoms with Crippen molar-refractivity contribution in [3.05, 3.63) is 46.9 Å². The van der Waals surface area contributed by atoms with Crippen molar-refractivity contribution >= 4 is 23.2 Å². The van der Waals surface area contributed by atoms with E-state index in [1.807, 2.05) is 12.1 Å². The zero-order chi connectivity index (χ0) is 13.7. The summed E-state index contributed by atoms with van der Waals surface area (Å²) >= 11 is 11.7. The van der Waals surface area contributed by atoms with E-state index in [-0.39, 0.29) is 0 Å². The van der Waals surface area contributed by atoms with Crippen LogP contribution in [0.5, 0.6) is 11.6 Å². The Bertz CT molecular complexity index is 561. The molecule has 0 bridgehead atoms. The van der Waals surface area contributed by atoms with Crippen molar-refractivity contribution in [2.45, 2.75) is 25.6 Å². The van der Waals surface area contributed by atoms with Gasteiger partial charge in [-0.15, -0.1) is 11.6 Å². The molecule has 3 nitrogen and oxygen atoms in total. The van der Waals surface area contributed by atoms with Crippen LogP contribution in [-0.2, 0) is 12.3 Å². The first-order chi connectivity index (χ1) is 9.21. The molecule has 0 unspecified atom stereocenters. The third kappa shape index (κ3) is 4.08. The van der Waals surface area contributed by atoms with E-state index in [9.17, 15) is 0 Å². The molecule has 5 heteroatoms. The van der Waals surface area contributed by atoms with Crippen LogP contribution >= 0.6 is 23.2 Å². The van der Waals surface area contributed by atoms with E-state index in [2.05, 4.69) is 16.9 Å². The predicted molar refractivity (Wildman–Crippen MR) is 77.1 cm³/mol. The summed E-state index contributed by atoms with van der Waals surface area (Å²) < 4.78 is 5.67. The minimum absolute atomic E-state index is 0.434. The number of ether oxygens (including phenoxy) is 1. The number of alkyl halides is 1. The highest BCUT2D eigenvalue weighted by Crippen LogP contribution is 2.23. The Kier molecular flexibility index (Phi) is 5.00. The van der Waals surface area contributed by atoms with Crippen molar-refractivity contribution < 1.29 is 4.74 Å². The van der Waals surface area contributed by atoms with Crippen LogP contribution < -0.4 is 4.74 Å². The molecule has 0 aliphatic heterocycles. The Morgan fingerprint density at radius 1 is 1.21 bits per heavy atom. The van der Waals surface area contributed by atoms with Crippen LogP contribution in [-0.4, -0.2) is 9.97 Å². The second-order valence-electron chi connectivity index (χ2n) is 4.13. The van der Waals surface area contributed by atoms with Gasteiger partial charge in [-0.2, -0.15) is 0 Å². The van der Waals surface area contributed by atoms with Gasteiger partial charge in [0.05, 0.1) is 11.2 Å². The molecule has 2 aromatic rings. The Morgan fingerprint density at radius 3 is 2.74 bits per heavy atom. The van der Waals surface area contributed by atoms with Crippen molar-refractivity contribution in [3.63, 3.8) is 0 Å². The summed E-state index contributed by atoms with van der Waals surface area (Å²) in [4.78, 5) is 8.42. The van der Waals surface area contributed by atoms with Gasteiger partial charge in [0.15, 0.2) is 0 Å². The molecule has 0 aromatic carbocycles. The van der Waals surface area contributed by atoms with Crippen molar-refractivity contribution in [1.29, 1.82) is 0 Å². The van der Waals surface area contributed by atoms with Gasteiger partial charge in [-0.3, -0.25) is 4.98 Å². The third-order valence-electron chi connectivity index (χ3n) is 2.48. The van der Waals surface area contributed by atoms with Crippen LogP contribution in [0.1, 0.15) is 24.6 Å². The summed E-state index contributed by atoms with van der Waals surface area (Å²) in [5.41, 5.74) is 1.97. The highest BCUT2D eigenvalue weighted by Gasteiger charge is 2.05. The average Bonchev–Trinajstić information content (AvgIpc) is 2.39. The molecule has 0 aliphatic rings. The van der Waals surface area contributed by atoms with E-state index in [0.717, 1.165) is 24.1 Å². The molecule has 0 aliphatic carbocycles. The van der Waals surface area contributed by atoms with Gasteiger partial charge in [0, 0.05) is 29.9 Å². The monoisotopic (exact) mass is 296 g/mol. The van der Waals surface area contributed by atoms with Crippen molar-refractivity contribution in [2.75, 3.05) is 0 Å². The van der Waals surface area contributed by atoms with Gasteiger partial charge in [0.1, 0.15) is 5.75 Å². The maximum absolute atomic E-state index is 5.88.